The highest BCUT2D eigenvalue weighted by Gasteiger charge is 2.16. The second-order valence-electron chi connectivity index (χ2n) is 2.77. The molecule has 1 unspecified atom stereocenters. The van der Waals surface area contributed by atoms with Gasteiger partial charge in [-0.1, -0.05) is 13.8 Å². The zero-order valence-electron chi connectivity index (χ0n) is 9.63. The summed E-state index contributed by atoms with van der Waals surface area (Å²) in [7, 11) is 4.20. The van der Waals surface area contributed by atoms with Crippen molar-refractivity contribution in [1.29, 1.82) is 0 Å². The summed E-state index contributed by atoms with van der Waals surface area (Å²) >= 11 is 0. The van der Waals surface area contributed by atoms with Crippen molar-refractivity contribution in [2.24, 2.45) is 0 Å². The lowest BCUT2D eigenvalue weighted by Crippen LogP contribution is -2.27. The minimum absolute atomic E-state index is 0.750. The van der Waals surface area contributed by atoms with Gasteiger partial charge in [0, 0.05) is 12.6 Å². The summed E-state index contributed by atoms with van der Waals surface area (Å²) < 4.78 is 0. The van der Waals surface area contributed by atoms with Crippen LogP contribution in [0.25, 0.3) is 0 Å². The van der Waals surface area contributed by atoms with Crippen LogP contribution >= 0.6 is 0 Å². The molecule has 0 spiro atoms. The Labute approximate surface area is 82.5 Å². The van der Waals surface area contributed by atoms with Crippen LogP contribution in [0.15, 0.2) is 0 Å². The number of carbonyl (C=O) groups excluding carboxylic acids is 1. The summed E-state index contributed by atoms with van der Waals surface area (Å²) in [4.78, 5) is 11.2. The summed E-state index contributed by atoms with van der Waals surface area (Å²) in [5.41, 5.74) is 0. The van der Waals surface area contributed by atoms with Crippen LogP contribution in [0.1, 0.15) is 27.2 Å². The monoisotopic (exact) mass is 188 g/mol. The molecule has 3 heteroatoms. The first-order chi connectivity index (χ1) is 6.24. The third kappa shape index (κ3) is 9.50. The Morgan fingerprint density at radius 1 is 1.46 bits per heavy atom. The van der Waals surface area contributed by atoms with Gasteiger partial charge >= 0.3 is 0 Å². The van der Waals surface area contributed by atoms with Gasteiger partial charge < -0.3 is 15.0 Å². The second kappa shape index (κ2) is 11.6. The number of rotatable bonds is 1. The highest BCUT2D eigenvalue weighted by molar-refractivity contribution is 5.44. The molecule has 1 rings (SSSR count). The molecule has 0 aliphatic carbocycles. The van der Waals surface area contributed by atoms with E-state index in [4.69, 9.17) is 4.79 Å². The van der Waals surface area contributed by atoms with Crippen LogP contribution in [0.4, 0.5) is 0 Å². The summed E-state index contributed by atoms with van der Waals surface area (Å²) in [5.74, 6) is 0. The van der Waals surface area contributed by atoms with Gasteiger partial charge in [-0.2, -0.15) is 0 Å². The molecule has 3 nitrogen and oxygen atoms in total. The molecule has 1 N–H and O–H groups in total. The van der Waals surface area contributed by atoms with E-state index in [9.17, 15) is 0 Å². The molecule has 0 aromatic carbocycles. The zero-order chi connectivity index (χ0) is 10.7. The first kappa shape index (κ1) is 15.1. The van der Waals surface area contributed by atoms with E-state index in [1.807, 2.05) is 20.9 Å². The third-order valence-electron chi connectivity index (χ3n) is 1.80. The highest BCUT2D eigenvalue weighted by atomic mass is 16.1. The van der Waals surface area contributed by atoms with E-state index in [1.54, 1.807) is 0 Å². The van der Waals surface area contributed by atoms with Crippen LogP contribution in [-0.4, -0.2) is 44.4 Å². The number of hydrogen-bond acceptors (Lipinski definition) is 3. The number of nitrogens with zero attached hydrogens (tertiary/aromatic N) is 1. The van der Waals surface area contributed by atoms with Crippen molar-refractivity contribution < 1.29 is 4.79 Å². The van der Waals surface area contributed by atoms with E-state index >= 15 is 0 Å². The van der Waals surface area contributed by atoms with Crippen molar-refractivity contribution in [3.63, 3.8) is 0 Å². The molecule has 1 saturated heterocycles. The summed E-state index contributed by atoms with van der Waals surface area (Å²) in [6.07, 6.45) is 2.06. The molecule has 1 aliphatic heterocycles. The van der Waals surface area contributed by atoms with Gasteiger partial charge in [-0.15, -0.1) is 0 Å². The fraction of sp³-hybridized carbons (Fsp3) is 0.900. The summed E-state index contributed by atoms with van der Waals surface area (Å²) in [6, 6.07) is 0.750. The van der Waals surface area contributed by atoms with Crippen LogP contribution in [0.3, 0.4) is 0 Å². The van der Waals surface area contributed by atoms with Crippen LogP contribution < -0.4 is 5.32 Å². The Balaban J connectivity index is 0. The van der Waals surface area contributed by atoms with Crippen LogP contribution in [0.5, 0.6) is 0 Å². The van der Waals surface area contributed by atoms with E-state index in [2.05, 4.69) is 17.3 Å². The minimum Gasteiger partial charge on any atom is -0.316 e. The van der Waals surface area contributed by atoms with Crippen molar-refractivity contribution in [2.45, 2.75) is 33.2 Å². The molecule has 0 radical (unpaired) electrons. The van der Waals surface area contributed by atoms with Crippen molar-refractivity contribution >= 4 is 6.29 Å². The number of carbonyl (C=O) groups is 1. The number of aldehydes is 1. The largest absolute Gasteiger partial charge is 0.316 e. The zero-order valence-corrected chi connectivity index (χ0v) is 9.63. The number of likely N-dealkylation sites (N-methyl/N-ethyl adjacent to an activating group) is 2. The van der Waals surface area contributed by atoms with Gasteiger partial charge in [0.2, 0.25) is 0 Å². The first-order valence-electron chi connectivity index (χ1n) is 5.00. The maximum atomic E-state index is 8.81. The molecule has 0 aromatic rings. The van der Waals surface area contributed by atoms with E-state index in [-0.39, 0.29) is 0 Å². The third-order valence-corrected chi connectivity index (χ3v) is 1.80. The molecule has 1 heterocycles. The molecule has 1 atom stereocenters. The normalized spacial score (nSPS) is 20.8. The van der Waals surface area contributed by atoms with Gasteiger partial charge in [0.1, 0.15) is 6.29 Å². The molecule has 0 aromatic heterocycles. The lowest BCUT2D eigenvalue weighted by Gasteiger charge is -2.07. The SMILES string of the molecule is CC.CC=O.CNC1CCN(C)C1. The Kier molecular flexibility index (Phi) is 13.4. The van der Waals surface area contributed by atoms with Gasteiger partial charge in [0.05, 0.1) is 0 Å². The fourth-order valence-electron chi connectivity index (χ4n) is 1.17. The molecule has 0 amide bonds. The predicted molar refractivity (Wildman–Crippen MR) is 58.0 cm³/mol. The van der Waals surface area contributed by atoms with Crippen LogP contribution in [0.2, 0.25) is 0 Å². The van der Waals surface area contributed by atoms with Gasteiger partial charge in [0.25, 0.3) is 0 Å². The molecule has 0 saturated carbocycles. The van der Waals surface area contributed by atoms with Gasteiger partial charge in [-0.3, -0.25) is 0 Å². The average Bonchev–Trinajstić information content (AvgIpc) is 2.56. The second-order valence-corrected chi connectivity index (χ2v) is 2.77. The molecule has 80 valence electrons. The lowest BCUT2D eigenvalue weighted by atomic mass is 10.3. The average molecular weight is 188 g/mol. The highest BCUT2D eigenvalue weighted by Crippen LogP contribution is 2.04. The van der Waals surface area contributed by atoms with E-state index in [1.165, 1.54) is 26.4 Å². The van der Waals surface area contributed by atoms with Crippen LogP contribution in [0, 0.1) is 0 Å². The maximum absolute atomic E-state index is 8.81. The van der Waals surface area contributed by atoms with Gasteiger partial charge in [-0.25, -0.2) is 0 Å². The van der Waals surface area contributed by atoms with Gasteiger partial charge in [-0.05, 0) is 34.0 Å². The lowest BCUT2D eigenvalue weighted by molar-refractivity contribution is -0.106. The van der Waals surface area contributed by atoms with E-state index in [0.717, 1.165) is 12.3 Å². The molecule has 0 bridgehead atoms. The molecule has 13 heavy (non-hydrogen) atoms. The standard InChI is InChI=1S/C6H14N2.C2H4O.C2H6/c1-7-6-3-4-8(2)5-6;1-2-3;1-2/h6-7H,3-5H2,1-2H3;2H,1H3;1-2H3. The van der Waals surface area contributed by atoms with Crippen molar-refractivity contribution in [3.05, 3.63) is 0 Å². The minimum atomic E-state index is 0.750. The first-order valence-corrected chi connectivity index (χ1v) is 5.00. The van der Waals surface area contributed by atoms with Crippen molar-refractivity contribution in [3.8, 4) is 0 Å². The maximum Gasteiger partial charge on any atom is 0.116 e. The molecular formula is C10H24N2O. The molecular weight excluding hydrogens is 164 g/mol. The Bertz CT molecular complexity index is 107. The Hall–Kier alpha value is -0.410. The van der Waals surface area contributed by atoms with E-state index in [0.29, 0.717) is 0 Å². The number of hydrogen-bond donors (Lipinski definition) is 1. The Morgan fingerprint density at radius 3 is 2.08 bits per heavy atom. The predicted octanol–water partition coefficient (Wildman–Crippen LogP) is 1.14. The molecule has 1 aliphatic rings. The summed E-state index contributed by atoms with van der Waals surface area (Å²) in [6.45, 7) is 7.92. The summed E-state index contributed by atoms with van der Waals surface area (Å²) in [5, 5.41) is 3.25. The fourth-order valence-corrected chi connectivity index (χ4v) is 1.17. The van der Waals surface area contributed by atoms with E-state index < -0.39 is 0 Å². The van der Waals surface area contributed by atoms with Gasteiger partial charge in [0.15, 0.2) is 0 Å². The van der Waals surface area contributed by atoms with Crippen molar-refractivity contribution in [1.82, 2.24) is 10.2 Å². The van der Waals surface area contributed by atoms with Crippen molar-refractivity contribution in [2.75, 3.05) is 27.2 Å². The smallest absolute Gasteiger partial charge is 0.116 e. The number of likely N-dealkylation sites (tertiary alicyclic amines) is 1. The quantitative estimate of drug-likeness (QED) is 0.626. The molecule has 1 fully saturated rings. The topological polar surface area (TPSA) is 32.3 Å². The van der Waals surface area contributed by atoms with Crippen LogP contribution in [-0.2, 0) is 4.79 Å². The number of nitrogens with one attached hydrogen (secondary N) is 1. The Morgan fingerprint density at radius 2 is 1.92 bits per heavy atom.